The summed E-state index contributed by atoms with van der Waals surface area (Å²) in [6.45, 7) is 1.11. The van der Waals surface area contributed by atoms with Gasteiger partial charge >= 0.3 is 0 Å². The van der Waals surface area contributed by atoms with E-state index in [4.69, 9.17) is 9.47 Å². The molecule has 2 heterocycles. The zero-order valence-corrected chi connectivity index (χ0v) is 12.2. The Hall–Kier alpha value is -2.40. The molecule has 2 aromatic rings. The Bertz CT molecular complexity index is 625. The number of carbonyl (C=O) groups excluding carboxylic acids is 1. The summed E-state index contributed by atoms with van der Waals surface area (Å²) in [6.07, 6.45) is 3.11. The summed E-state index contributed by atoms with van der Waals surface area (Å²) in [5.41, 5.74) is 0.937. The number of nitrogens with zero attached hydrogens (tertiary/aromatic N) is 1. The first kappa shape index (κ1) is 14.5. The second-order valence-corrected chi connectivity index (χ2v) is 5.14. The van der Waals surface area contributed by atoms with Crippen LogP contribution in [-0.2, 0) is 16.1 Å². The van der Waals surface area contributed by atoms with E-state index < -0.39 is 0 Å². The predicted molar refractivity (Wildman–Crippen MR) is 81.6 cm³/mol. The second-order valence-electron chi connectivity index (χ2n) is 5.14. The molecule has 1 aromatic heterocycles. The summed E-state index contributed by atoms with van der Waals surface area (Å²) in [5, 5.41) is 2.88. The van der Waals surface area contributed by atoms with E-state index in [-0.39, 0.29) is 12.0 Å². The smallest absolute Gasteiger partial charge is 0.249 e. The second kappa shape index (κ2) is 7.04. The van der Waals surface area contributed by atoms with Gasteiger partial charge in [-0.25, -0.2) is 4.98 Å². The molecule has 0 aliphatic carbocycles. The van der Waals surface area contributed by atoms with Gasteiger partial charge in [-0.05, 0) is 36.6 Å². The highest BCUT2D eigenvalue weighted by molar-refractivity contribution is 5.80. The minimum absolute atomic E-state index is 0.0557. The number of ether oxygens (including phenoxy) is 2. The van der Waals surface area contributed by atoms with Crippen molar-refractivity contribution >= 4 is 5.91 Å². The lowest BCUT2D eigenvalue weighted by Gasteiger charge is -2.11. The Morgan fingerprint density at radius 2 is 2.18 bits per heavy atom. The number of aromatic nitrogens is 1. The fourth-order valence-corrected chi connectivity index (χ4v) is 2.31. The Kier molecular flexibility index (Phi) is 4.65. The highest BCUT2D eigenvalue weighted by Crippen LogP contribution is 2.19. The lowest BCUT2D eigenvalue weighted by atomic mass is 10.2. The maximum absolute atomic E-state index is 11.9. The molecule has 0 bridgehead atoms. The number of hydrogen-bond acceptors (Lipinski definition) is 4. The quantitative estimate of drug-likeness (QED) is 0.922. The summed E-state index contributed by atoms with van der Waals surface area (Å²) in [6, 6.07) is 13.1. The molecule has 1 amide bonds. The minimum atomic E-state index is -0.304. The first-order chi connectivity index (χ1) is 10.8. The predicted octanol–water partition coefficient (Wildman–Crippen LogP) is 2.67. The standard InChI is InChI=1S/C17H18N2O3/c20-17(15-7-4-10-21-15)19-12-13-8-9-18-16(11-13)22-14-5-2-1-3-6-14/h1-3,5-6,8-9,11,15H,4,7,10,12H2,(H,19,20)/t15-/m1/s1. The van der Waals surface area contributed by atoms with Gasteiger partial charge in [-0.15, -0.1) is 0 Å². The van der Waals surface area contributed by atoms with E-state index in [9.17, 15) is 4.79 Å². The van der Waals surface area contributed by atoms with Gasteiger partial charge in [0.25, 0.3) is 0 Å². The Morgan fingerprint density at radius 3 is 2.95 bits per heavy atom. The minimum Gasteiger partial charge on any atom is -0.439 e. The van der Waals surface area contributed by atoms with Crippen LogP contribution >= 0.6 is 0 Å². The first-order valence-electron chi connectivity index (χ1n) is 7.38. The van der Waals surface area contributed by atoms with Gasteiger partial charge in [0.1, 0.15) is 11.9 Å². The van der Waals surface area contributed by atoms with E-state index in [1.165, 1.54) is 0 Å². The molecule has 0 saturated carbocycles. The van der Waals surface area contributed by atoms with Crippen LogP contribution in [0.4, 0.5) is 0 Å². The molecular weight excluding hydrogens is 280 g/mol. The van der Waals surface area contributed by atoms with E-state index in [0.29, 0.717) is 19.0 Å². The number of carbonyl (C=O) groups is 1. The summed E-state index contributed by atoms with van der Waals surface area (Å²) >= 11 is 0. The first-order valence-corrected chi connectivity index (χ1v) is 7.38. The number of benzene rings is 1. The SMILES string of the molecule is O=C(NCc1ccnc(Oc2ccccc2)c1)[C@H]1CCCO1. The summed E-state index contributed by atoms with van der Waals surface area (Å²) < 4.78 is 11.0. The van der Waals surface area contributed by atoms with Crippen LogP contribution in [0.2, 0.25) is 0 Å². The summed E-state index contributed by atoms with van der Waals surface area (Å²) in [7, 11) is 0. The fraction of sp³-hybridized carbons (Fsp3) is 0.294. The molecule has 0 unspecified atom stereocenters. The van der Waals surface area contributed by atoms with Gasteiger partial charge in [-0.2, -0.15) is 0 Å². The van der Waals surface area contributed by atoms with Crippen LogP contribution in [0.5, 0.6) is 11.6 Å². The fourth-order valence-electron chi connectivity index (χ4n) is 2.31. The van der Waals surface area contributed by atoms with Crippen LogP contribution in [-0.4, -0.2) is 23.6 Å². The van der Waals surface area contributed by atoms with Crippen molar-refractivity contribution in [1.29, 1.82) is 0 Å². The molecule has 0 spiro atoms. The Morgan fingerprint density at radius 1 is 1.32 bits per heavy atom. The molecule has 22 heavy (non-hydrogen) atoms. The molecular formula is C17H18N2O3. The third-order valence-electron chi connectivity index (χ3n) is 3.45. The van der Waals surface area contributed by atoms with Crippen molar-refractivity contribution in [3.63, 3.8) is 0 Å². The number of rotatable bonds is 5. The molecule has 1 saturated heterocycles. The van der Waals surface area contributed by atoms with Crippen LogP contribution in [0.25, 0.3) is 0 Å². The number of para-hydroxylation sites is 1. The highest BCUT2D eigenvalue weighted by Gasteiger charge is 2.22. The lowest BCUT2D eigenvalue weighted by molar-refractivity contribution is -0.130. The number of pyridine rings is 1. The zero-order valence-electron chi connectivity index (χ0n) is 12.2. The monoisotopic (exact) mass is 298 g/mol. The highest BCUT2D eigenvalue weighted by atomic mass is 16.5. The molecule has 1 N–H and O–H groups in total. The van der Waals surface area contributed by atoms with Crippen molar-refractivity contribution in [3.8, 4) is 11.6 Å². The van der Waals surface area contributed by atoms with Crippen LogP contribution in [0, 0.1) is 0 Å². The van der Waals surface area contributed by atoms with Crippen LogP contribution < -0.4 is 10.1 Å². The maximum Gasteiger partial charge on any atom is 0.249 e. The Balaban J connectivity index is 1.58. The molecule has 5 nitrogen and oxygen atoms in total. The van der Waals surface area contributed by atoms with Crippen LogP contribution in [0.15, 0.2) is 48.7 Å². The van der Waals surface area contributed by atoms with Gasteiger partial charge in [0, 0.05) is 25.4 Å². The van der Waals surface area contributed by atoms with E-state index >= 15 is 0 Å². The van der Waals surface area contributed by atoms with Crippen molar-refractivity contribution < 1.29 is 14.3 Å². The number of amides is 1. The summed E-state index contributed by atoms with van der Waals surface area (Å²) in [5.74, 6) is 1.19. The largest absolute Gasteiger partial charge is 0.439 e. The number of nitrogens with one attached hydrogen (secondary N) is 1. The van der Waals surface area contributed by atoms with E-state index in [1.54, 1.807) is 6.20 Å². The van der Waals surface area contributed by atoms with E-state index in [0.717, 1.165) is 24.2 Å². The van der Waals surface area contributed by atoms with Gasteiger partial charge in [0.2, 0.25) is 11.8 Å². The van der Waals surface area contributed by atoms with Gasteiger partial charge in [-0.1, -0.05) is 18.2 Å². The number of hydrogen-bond donors (Lipinski definition) is 1. The van der Waals surface area contributed by atoms with Crippen LogP contribution in [0.3, 0.4) is 0 Å². The maximum atomic E-state index is 11.9. The average molecular weight is 298 g/mol. The molecule has 1 aliphatic rings. The molecule has 5 heteroatoms. The molecule has 1 aromatic carbocycles. The average Bonchev–Trinajstić information content (AvgIpc) is 3.08. The van der Waals surface area contributed by atoms with Crippen LogP contribution in [0.1, 0.15) is 18.4 Å². The van der Waals surface area contributed by atoms with E-state index in [1.807, 2.05) is 42.5 Å². The van der Waals surface area contributed by atoms with Crippen molar-refractivity contribution in [2.75, 3.05) is 6.61 Å². The van der Waals surface area contributed by atoms with Gasteiger partial charge < -0.3 is 14.8 Å². The normalized spacial score (nSPS) is 17.2. The Labute approximate surface area is 129 Å². The topological polar surface area (TPSA) is 60.5 Å². The molecule has 0 radical (unpaired) electrons. The van der Waals surface area contributed by atoms with Gasteiger partial charge in [-0.3, -0.25) is 4.79 Å². The molecule has 1 aliphatic heterocycles. The van der Waals surface area contributed by atoms with Gasteiger partial charge in [0.05, 0.1) is 0 Å². The zero-order chi connectivity index (χ0) is 15.2. The van der Waals surface area contributed by atoms with Crippen molar-refractivity contribution in [3.05, 3.63) is 54.2 Å². The molecule has 114 valence electrons. The third kappa shape index (κ3) is 3.83. The molecule has 3 rings (SSSR count). The third-order valence-corrected chi connectivity index (χ3v) is 3.45. The molecule has 1 fully saturated rings. The van der Waals surface area contributed by atoms with E-state index in [2.05, 4.69) is 10.3 Å². The van der Waals surface area contributed by atoms with Crippen molar-refractivity contribution in [2.45, 2.75) is 25.5 Å². The summed E-state index contributed by atoms with van der Waals surface area (Å²) in [4.78, 5) is 16.1. The lowest BCUT2D eigenvalue weighted by Crippen LogP contribution is -2.33. The van der Waals surface area contributed by atoms with Crippen molar-refractivity contribution in [2.24, 2.45) is 0 Å². The van der Waals surface area contributed by atoms with Gasteiger partial charge in [0.15, 0.2) is 0 Å². The van der Waals surface area contributed by atoms with Crippen molar-refractivity contribution in [1.82, 2.24) is 10.3 Å². The molecule has 1 atom stereocenters.